The zero-order chi connectivity index (χ0) is 12.6. The average Bonchev–Trinajstić information content (AvgIpc) is 2.44. The smallest absolute Gasteiger partial charge is 0.341 e. The van der Waals surface area contributed by atoms with Gasteiger partial charge in [-0.05, 0) is 33.6 Å². The maximum absolute atomic E-state index is 13.5. The number of rotatable bonds is 2. The summed E-state index contributed by atoms with van der Waals surface area (Å²) < 4.78 is 18.4. The van der Waals surface area contributed by atoms with Crippen molar-refractivity contribution in [2.75, 3.05) is 6.54 Å². The van der Waals surface area contributed by atoms with Gasteiger partial charge in [0.2, 0.25) is 5.54 Å². The Morgan fingerprint density at radius 1 is 1.44 bits per heavy atom. The standard InChI is InChI=1S/C10H16FNO4/c1-9(2,3)16-8(15)10(7(13)14)5-4-6-12(10)11/h4-6H2,1-3H3,(H,13,14)/t10-/m0/s1. The minimum Gasteiger partial charge on any atom is -0.479 e. The van der Waals surface area contributed by atoms with E-state index < -0.39 is 23.1 Å². The predicted molar refractivity (Wildman–Crippen MR) is 53.3 cm³/mol. The number of esters is 1. The van der Waals surface area contributed by atoms with Crippen molar-refractivity contribution in [3.8, 4) is 0 Å². The van der Waals surface area contributed by atoms with Crippen molar-refractivity contribution in [2.24, 2.45) is 0 Å². The molecule has 0 radical (unpaired) electrons. The molecule has 1 rings (SSSR count). The van der Waals surface area contributed by atoms with E-state index in [-0.39, 0.29) is 18.1 Å². The second-order valence-electron chi connectivity index (χ2n) is 4.86. The van der Waals surface area contributed by atoms with E-state index in [4.69, 9.17) is 9.84 Å². The Morgan fingerprint density at radius 2 is 2.00 bits per heavy atom. The van der Waals surface area contributed by atoms with Crippen LogP contribution in [0.4, 0.5) is 4.48 Å². The van der Waals surface area contributed by atoms with E-state index in [1.807, 2.05) is 0 Å². The normalized spacial score (nSPS) is 26.8. The van der Waals surface area contributed by atoms with E-state index in [0.29, 0.717) is 6.42 Å². The molecule has 1 N–H and O–H groups in total. The number of aliphatic carboxylic acids is 1. The first-order valence-corrected chi connectivity index (χ1v) is 5.10. The molecular weight excluding hydrogens is 217 g/mol. The molecular formula is C10H16FNO4. The number of carbonyl (C=O) groups excluding carboxylic acids is 1. The first-order valence-electron chi connectivity index (χ1n) is 5.10. The first kappa shape index (κ1) is 12.9. The number of carboxylic acid groups (broad SMARTS) is 1. The van der Waals surface area contributed by atoms with Gasteiger partial charge in [-0.2, -0.15) is 0 Å². The summed E-state index contributed by atoms with van der Waals surface area (Å²) in [6.45, 7) is 4.76. The van der Waals surface area contributed by atoms with Crippen LogP contribution in [0, 0.1) is 0 Å². The molecule has 0 aromatic rings. The largest absolute Gasteiger partial charge is 0.479 e. The second-order valence-corrected chi connectivity index (χ2v) is 4.86. The molecule has 1 saturated heterocycles. The molecule has 16 heavy (non-hydrogen) atoms. The number of carboxylic acids is 1. The molecule has 0 aromatic heterocycles. The van der Waals surface area contributed by atoms with Crippen LogP contribution in [-0.4, -0.2) is 39.9 Å². The van der Waals surface area contributed by atoms with Crippen LogP contribution in [0.15, 0.2) is 0 Å². The van der Waals surface area contributed by atoms with Gasteiger partial charge >= 0.3 is 11.9 Å². The molecule has 5 nitrogen and oxygen atoms in total. The lowest BCUT2D eigenvalue weighted by Crippen LogP contribution is -2.55. The lowest BCUT2D eigenvalue weighted by Gasteiger charge is -2.29. The van der Waals surface area contributed by atoms with Crippen molar-refractivity contribution in [1.82, 2.24) is 5.12 Å². The highest BCUT2D eigenvalue weighted by Crippen LogP contribution is 2.32. The fourth-order valence-corrected chi connectivity index (χ4v) is 1.65. The Labute approximate surface area is 93.1 Å². The van der Waals surface area contributed by atoms with Crippen LogP contribution in [0.1, 0.15) is 33.6 Å². The third kappa shape index (κ3) is 2.16. The molecule has 0 amide bonds. The van der Waals surface area contributed by atoms with Crippen LogP contribution in [0.25, 0.3) is 0 Å². The van der Waals surface area contributed by atoms with E-state index in [2.05, 4.69) is 0 Å². The zero-order valence-electron chi connectivity index (χ0n) is 9.62. The Bertz CT molecular complexity index is 312. The Morgan fingerprint density at radius 3 is 2.31 bits per heavy atom. The lowest BCUT2D eigenvalue weighted by atomic mass is 9.97. The van der Waals surface area contributed by atoms with Crippen LogP contribution >= 0.6 is 0 Å². The van der Waals surface area contributed by atoms with Crippen LogP contribution in [-0.2, 0) is 14.3 Å². The van der Waals surface area contributed by atoms with Gasteiger partial charge in [-0.25, -0.2) is 9.59 Å². The zero-order valence-corrected chi connectivity index (χ0v) is 9.62. The summed E-state index contributed by atoms with van der Waals surface area (Å²) in [4.78, 5) is 22.8. The average molecular weight is 233 g/mol. The van der Waals surface area contributed by atoms with Crippen molar-refractivity contribution < 1.29 is 23.9 Å². The summed E-state index contributed by atoms with van der Waals surface area (Å²) in [7, 11) is 0. The van der Waals surface area contributed by atoms with E-state index in [1.165, 1.54) is 0 Å². The quantitative estimate of drug-likeness (QED) is 0.440. The molecule has 1 aliphatic rings. The topological polar surface area (TPSA) is 66.8 Å². The minimum absolute atomic E-state index is 0.0589. The number of nitrogens with zero attached hydrogens (tertiary/aromatic N) is 1. The molecule has 92 valence electrons. The van der Waals surface area contributed by atoms with E-state index in [0.717, 1.165) is 0 Å². The predicted octanol–water partition coefficient (Wildman–Crippen LogP) is 1.13. The van der Waals surface area contributed by atoms with Crippen molar-refractivity contribution >= 4 is 11.9 Å². The highest BCUT2D eigenvalue weighted by molar-refractivity contribution is 6.04. The Balaban J connectivity index is 2.95. The maximum atomic E-state index is 13.5. The van der Waals surface area contributed by atoms with Gasteiger partial charge in [0.15, 0.2) is 0 Å². The maximum Gasteiger partial charge on any atom is 0.341 e. The summed E-state index contributed by atoms with van der Waals surface area (Å²) in [6, 6.07) is 0. The van der Waals surface area contributed by atoms with Crippen LogP contribution < -0.4 is 0 Å². The highest BCUT2D eigenvalue weighted by atomic mass is 19.2. The summed E-state index contributed by atoms with van der Waals surface area (Å²) in [5.74, 6) is -2.53. The number of ether oxygens (including phenoxy) is 1. The fourth-order valence-electron chi connectivity index (χ4n) is 1.65. The van der Waals surface area contributed by atoms with Gasteiger partial charge in [0.1, 0.15) is 5.60 Å². The van der Waals surface area contributed by atoms with Crippen LogP contribution in [0.5, 0.6) is 0 Å². The van der Waals surface area contributed by atoms with Gasteiger partial charge in [0, 0.05) is 6.54 Å². The van der Waals surface area contributed by atoms with Crippen LogP contribution in [0.2, 0.25) is 0 Å². The molecule has 1 atom stereocenters. The fraction of sp³-hybridized carbons (Fsp3) is 0.800. The van der Waals surface area contributed by atoms with Gasteiger partial charge in [-0.15, -0.1) is 9.60 Å². The molecule has 6 heteroatoms. The van der Waals surface area contributed by atoms with Crippen LogP contribution in [0.3, 0.4) is 0 Å². The molecule has 1 fully saturated rings. The van der Waals surface area contributed by atoms with Gasteiger partial charge in [-0.3, -0.25) is 0 Å². The Kier molecular flexibility index (Phi) is 3.23. The van der Waals surface area contributed by atoms with Gasteiger partial charge in [0.25, 0.3) is 0 Å². The summed E-state index contributed by atoms with van der Waals surface area (Å²) in [6.07, 6.45) is 0.260. The molecule has 0 unspecified atom stereocenters. The lowest BCUT2D eigenvalue weighted by molar-refractivity contribution is -0.189. The van der Waals surface area contributed by atoms with E-state index in [1.54, 1.807) is 20.8 Å². The first-order chi connectivity index (χ1) is 7.20. The molecule has 0 spiro atoms. The van der Waals surface area contributed by atoms with E-state index >= 15 is 0 Å². The molecule has 0 aliphatic carbocycles. The van der Waals surface area contributed by atoms with Crippen molar-refractivity contribution in [1.29, 1.82) is 0 Å². The second kappa shape index (κ2) is 4.01. The summed E-state index contributed by atoms with van der Waals surface area (Å²) in [5, 5.41) is 9.08. The minimum atomic E-state index is -2.16. The SMILES string of the molecule is CC(C)(C)OC(=O)[C@@]1(C(=O)O)CCCN1F. The monoisotopic (exact) mass is 233 g/mol. The molecule has 0 bridgehead atoms. The number of carbonyl (C=O) groups is 2. The third-order valence-corrected chi connectivity index (χ3v) is 2.40. The van der Waals surface area contributed by atoms with Crippen molar-refractivity contribution in [3.63, 3.8) is 0 Å². The number of hydrogen-bond donors (Lipinski definition) is 1. The van der Waals surface area contributed by atoms with E-state index in [9.17, 15) is 14.1 Å². The molecule has 0 aromatic carbocycles. The molecule has 0 saturated carbocycles. The number of hydrogen-bond acceptors (Lipinski definition) is 4. The number of halogens is 1. The van der Waals surface area contributed by atoms with Crippen molar-refractivity contribution in [3.05, 3.63) is 0 Å². The molecule has 1 aliphatic heterocycles. The third-order valence-electron chi connectivity index (χ3n) is 2.40. The van der Waals surface area contributed by atoms with Gasteiger partial charge in [-0.1, -0.05) is 0 Å². The molecule has 1 heterocycles. The summed E-state index contributed by atoms with van der Waals surface area (Å²) >= 11 is 0. The summed E-state index contributed by atoms with van der Waals surface area (Å²) in [5.41, 5.74) is -2.99. The Hall–Kier alpha value is -1.17. The van der Waals surface area contributed by atoms with Crippen molar-refractivity contribution in [2.45, 2.75) is 44.8 Å². The van der Waals surface area contributed by atoms with Gasteiger partial charge in [0.05, 0.1) is 0 Å². The highest BCUT2D eigenvalue weighted by Gasteiger charge is 2.57. The van der Waals surface area contributed by atoms with Gasteiger partial charge < -0.3 is 9.84 Å².